The van der Waals surface area contributed by atoms with Gasteiger partial charge in [0.05, 0.1) is 31.6 Å². The lowest BCUT2D eigenvalue weighted by molar-refractivity contribution is -0.143. The van der Waals surface area contributed by atoms with Crippen LogP contribution in [0.2, 0.25) is 0 Å². The molecule has 4 aromatic carbocycles. The molecule has 0 saturated heterocycles. The molecule has 0 aliphatic carbocycles. The fourth-order valence-electron chi connectivity index (χ4n) is 4.86. The van der Waals surface area contributed by atoms with Crippen molar-refractivity contribution >= 4 is 59.0 Å². The minimum Gasteiger partial charge on any atom is -0.294 e. The molecule has 0 aliphatic heterocycles. The van der Waals surface area contributed by atoms with Gasteiger partial charge in [0.15, 0.2) is 5.78 Å². The lowest BCUT2D eigenvalue weighted by Gasteiger charge is -2.14. The quantitative estimate of drug-likeness (QED) is 0.106. The first-order valence-electron chi connectivity index (χ1n) is 13.2. The zero-order chi connectivity index (χ0) is 33.2. The lowest BCUT2D eigenvalue weighted by Crippen LogP contribution is -2.14. The Morgan fingerprint density at radius 3 is 1.93 bits per heavy atom. The average Bonchev–Trinajstić information content (AvgIpc) is 3.59. The van der Waals surface area contributed by atoms with Crippen molar-refractivity contribution in [1.29, 1.82) is 0 Å². The molecule has 0 aliphatic rings. The summed E-state index contributed by atoms with van der Waals surface area (Å²) >= 11 is 2.48. The van der Waals surface area contributed by atoms with E-state index in [1.807, 2.05) is 6.07 Å². The van der Waals surface area contributed by atoms with Crippen molar-refractivity contribution in [3.63, 3.8) is 0 Å². The summed E-state index contributed by atoms with van der Waals surface area (Å²) in [7, 11) is -4.47. The number of hydrogen-bond acceptors (Lipinski definition) is 7. The van der Waals surface area contributed by atoms with E-state index in [9.17, 15) is 44.1 Å². The Balaban J connectivity index is 1.25. The Labute approximate surface area is 264 Å². The van der Waals surface area contributed by atoms with Gasteiger partial charge in [-0.2, -0.15) is 34.8 Å². The van der Waals surface area contributed by atoms with E-state index in [4.69, 9.17) is 0 Å². The number of benzene rings is 4. The van der Waals surface area contributed by atoms with Crippen LogP contribution in [-0.2, 0) is 28.9 Å². The van der Waals surface area contributed by atoms with Crippen LogP contribution in [0.1, 0.15) is 32.6 Å². The minimum absolute atomic E-state index is 0.0218. The van der Waals surface area contributed by atoms with E-state index >= 15 is 0 Å². The molecule has 0 unspecified atom stereocenters. The second-order valence-corrected chi connectivity index (χ2v) is 13.7. The van der Waals surface area contributed by atoms with Crippen LogP contribution in [0, 0.1) is 6.92 Å². The maximum absolute atomic E-state index is 13.2. The Kier molecular flexibility index (Phi) is 7.78. The van der Waals surface area contributed by atoms with Crippen molar-refractivity contribution in [3.05, 3.63) is 101 Å². The molecule has 6 nitrogen and oxygen atoms in total. The van der Waals surface area contributed by atoms with Crippen molar-refractivity contribution in [2.75, 3.05) is 0 Å². The number of hydrogen-bond donors (Lipinski definition) is 1. The van der Waals surface area contributed by atoms with Gasteiger partial charge >= 0.3 is 12.4 Å². The molecule has 0 atom stereocenters. The van der Waals surface area contributed by atoms with E-state index in [-0.39, 0.29) is 11.0 Å². The largest absolute Gasteiger partial charge is 0.416 e. The van der Waals surface area contributed by atoms with Crippen molar-refractivity contribution in [3.8, 4) is 21.1 Å². The minimum atomic E-state index is -5.06. The number of nitrogens with zero attached hydrogens (tertiary/aromatic N) is 2. The maximum atomic E-state index is 13.2. The summed E-state index contributed by atoms with van der Waals surface area (Å²) in [6.45, 7) is 1.58. The number of carbonyl (C=O) groups is 1. The van der Waals surface area contributed by atoms with Gasteiger partial charge in [0, 0.05) is 23.1 Å². The van der Waals surface area contributed by atoms with Crippen molar-refractivity contribution in [2.24, 2.45) is 0 Å². The summed E-state index contributed by atoms with van der Waals surface area (Å²) in [4.78, 5) is 21.7. The number of Topliss-reactive ketones (excluding diaryl/α,β-unsaturated/α-hetero) is 1. The molecule has 0 bridgehead atoms. The molecule has 2 heterocycles. The van der Waals surface area contributed by atoms with Gasteiger partial charge in [-0.15, -0.1) is 22.7 Å². The topological polar surface area (TPSA) is 97.2 Å². The summed E-state index contributed by atoms with van der Waals surface area (Å²) in [5.74, 6) is -0.898. The molecule has 46 heavy (non-hydrogen) atoms. The van der Waals surface area contributed by atoms with E-state index in [0.29, 0.717) is 60.1 Å². The third-order valence-electron chi connectivity index (χ3n) is 7.08. The molecule has 6 aromatic rings. The van der Waals surface area contributed by atoms with Crippen molar-refractivity contribution in [1.82, 2.24) is 9.97 Å². The first-order chi connectivity index (χ1) is 21.5. The number of alkyl halides is 6. The van der Waals surface area contributed by atoms with Crippen LogP contribution in [0.3, 0.4) is 0 Å². The number of ketones is 1. The summed E-state index contributed by atoms with van der Waals surface area (Å²) < 4.78 is 114. The van der Waals surface area contributed by atoms with Gasteiger partial charge in [-0.25, -0.2) is 9.97 Å². The number of thiazole rings is 2. The standard InChI is InChI=1S/C31H18F6N2O4S3/c1-15-2-8-23-26(27(15)46(41,42)43)45-29(39-23)18-7-9-22-25(13-18)44-28(38-22)17-5-3-16(4-6-17)10-24(40)19-11-20(30(32,33)34)14-21(12-19)31(35,36)37/h2-9,11-14H,10H2,1H3,(H,41,42,43). The number of aryl methyl sites for hydroxylation is 1. The van der Waals surface area contributed by atoms with E-state index in [1.165, 1.54) is 11.3 Å². The second kappa shape index (κ2) is 11.3. The number of aromatic nitrogens is 2. The van der Waals surface area contributed by atoms with Crippen molar-refractivity contribution < 1.29 is 44.1 Å². The van der Waals surface area contributed by atoms with Gasteiger partial charge in [-0.05, 0) is 60.5 Å². The molecule has 236 valence electrons. The molecule has 2 aromatic heterocycles. The zero-order valence-electron chi connectivity index (χ0n) is 23.2. The third-order valence-corrected chi connectivity index (χ3v) is 10.5. The van der Waals surface area contributed by atoms with Crippen LogP contribution in [0.5, 0.6) is 0 Å². The van der Waals surface area contributed by atoms with Crippen LogP contribution >= 0.6 is 22.7 Å². The lowest BCUT2D eigenvalue weighted by atomic mass is 9.98. The Morgan fingerprint density at radius 2 is 1.33 bits per heavy atom. The molecule has 0 radical (unpaired) electrons. The van der Waals surface area contributed by atoms with Crippen LogP contribution in [0.15, 0.2) is 77.7 Å². The molecule has 0 amide bonds. The number of halogens is 6. The fourth-order valence-corrected chi connectivity index (χ4v) is 8.18. The van der Waals surface area contributed by atoms with Gasteiger partial charge in [0.2, 0.25) is 0 Å². The predicted octanol–water partition coefficient (Wildman–Crippen LogP) is 9.26. The van der Waals surface area contributed by atoms with Gasteiger partial charge in [-0.3, -0.25) is 9.35 Å². The highest BCUT2D eigenvalue weighted by Crippen LogP contribution is 2.39. The monoisotopic (exact) mass is 692 g/mol. The summed E-state index contributed by atoms with van der Waals surface area (Å²) in [5, 5.41) is 1.16. The molecule has 6 rings (SSSR count). The SMILES string of the molecule is Cc1ccc2nc(-c3ccc4nc(-c5ccc(CC(=O)c6cc(C(F)(F)F)cc(C(F)(F)F)c6)cc5)sc4c3)sc2c1S(=O)(=O)O. The van der Waals surface area contributed by atoms with Crippen molar-refractivity contribution in [2.45, 2.75) is 30.6 Å². The smallest absolute Gasteiger partial charge is 0.294 e. The summed E-state index contributed by atoms with van der Waals surface area (Å²) in [5.41, 5.74) is -0.536. The van der Waals surface area contributed by atoms with Crippen LogP contribution in [0.25, 0.3) is 41.6 Å². The van der Waals surface area contributed by atoms with Gasteiger partial charge in [0.1, 0.15) is 14.9 Å². The number of rotatable bonds is 6. The first kappa shape index (κ1) is 31.8. The highest BCUT2D eigenvalue weighted by molar-refractivity contribution is 7.86. The molecule has 0 fully saturated rings. The highest BCUT2D eigenvalue weighted by atomic mass is 32.2. The molecule has 0 spiro atoms. The van der Waals surface area contributed by atoms with E-state index in [2.05, 4.69) is 9.97 Å². The molecular weight excluding hydrogens is 675 g/mol. The predicted molar refractivity (Wildman–Crippen MR) is 163 cm³/mol. The van der Waals surface area contributed by atoms with E-state index < -0.39 is 51.4 Å². The maximum Gasteiger partial charge on any atom is 0.416 e. The van der Waals surface area contributed by atoms with E-state index in [0.717, 1.165) is 16.0 Å². The van der Waals surface area contributed by atoms with Gasteiger partial charge in [-0.1, -0.05) is 30.3 Å². The number of carbonyl (C=O) groups excluding carboxylic acids is 1. The first-order valence-corrected chi connectivity index (χ1v) is 16.3. The van der Waals surface area contributed by atoms with Gasteiger partial charge in [0.25, 0.3) is 10.1 Å². The normalized spacial score (nSPS) is 12.7. The van der Waals surface area contributed by atoms with Crippen LogP contribution < -0.4 is 0 Å². The molecule has 1 N–H and O–H groups in total. The molecule has 15 heteroatoms. The summed E-state index contributed by atoms with van der Waals surface area (Å²) in [6.07, 6.45) is -10.5. The zero-order valence-corrected chi connectivity index (χ0v) is 25.6. The third kappa shape index (κ3) is 6.27. The second-order valence-electron chi connectivity index (χ2n) is 10.3. The Bertz CT molecular complexity index is 2240. The average molecular weight is 693 g/mol. The molecular formula is C31H18F6N2O4S3. The highest BCUT2D eigenvalue weighted by Gasteiger charge is 2.37. The van der Waals surface area contributed by atoms with Crippen LogP contribution in [-0.4, -0.2) is 28.7 Å². The number of fused-ring (bicyclic) bond motifs is 2. The van der Waals surface area contributed by atoms with Gasteiger partial charge < -0.3 is 0 Å². The van der Waals surface area contributed by atoms with E-state index in [1.54, 1.807) is 55.5 Å². The van der Waals surface area contributed by atoms with Crippen LogP contribution in [0.4, 0.5) is 26.3 Å². The fraction of sp³-hybridized carbons (Fsp3) is 0.129. The summed E-state index contributed by atoms with van der Waals surface area (Å²) in [6, 6.07) is 15.9. The Hall–Kier alpha value is -4.18. The Morgan fingerprint density at radius 1 is 0.761 bits per heavy atom. The molecule has 0 saturated carbocycles.